The highest BCUT2D eigenvalue weighted by Gasteiger charge is 2.34. The molecule has 102 valence electrons. The van der Waals surface area contributed by atoms with Crippen molar-refractivity contribution in [3.63, 3.8) is 0 Å². The summed E-state index contributed by atoms with van der Waals surface area (Å²) in [4.78, 5) is 14.7. The van der Waals surface area contributed by atoms with Crippen molar-refractivity contribution in [1.29, 1.82) is 0 Å². The van der Waals surface area contributed by atoms with E-state index in [4.69, 9.17) is 23.2 Å². The van der Waals surface area contributed by atoms with Gasteiger partial charge in [-0.25, -0.2) is 0 Å². The van der Waals surface area contributed by atoms with Crippen LogP contribution in [0.2, 0.25) is 10.0 Å². The van der Waals surface area contributed by atoms with E-state index in [1.54, 1.807) is 18.2 Å². The zero-order chi connectivity index (χ0) is 13.4. The van der Waals surface area contributed by atoms with E-state index in [1.165, 1.54) is 25.7 Å². The Labute approximate surface area is 123 Å². The van der Waals surface area contributed by atoms with Crippen molar-refractivity contribution in [2.45, 2.75) is 31.7 Å². The lowest BCUT2D eigenvalue weighted by Crippen LogP contribution is -2.33. The number of nitrogens with zero attached hydrogens (tertiary/aromatic N) is 1. The maximum atomic E-state index is 12.3. The van der Waals surface area contributed by atoms with Crippen LogP contribution in [0.15, 0.2) is 18.2 Å². The Morgan fingerprint density at radius 3 is 2.47 bits per heavy atom. The standard InChI is InChI=1S/C15H17Cl2NO/c16-13-6-3-11(7-14(13)17)15(19)9-18(12-4-5-12)8-10-1-2-10/h3,6-7,10,12H,1-2,4-5,8-9H2. The van der Waals surface area contributed by atoms with Gasteiger partial charge in [-0.2, -0.15) is 0 Å². The fourth-order valence-electron chi connectivity index (χ4n) is 2.36. The molecule has 0 bridgehead atoms. The summed E-state index contributed by atoms with van der Waals surface area (Å²) in [6.07, 6.45) is 5.12. The smallest absolute Gasteiger partial charge is 0.176 e. The van der Waals surface area contributed by atoms with Crippen molar-refractivity contribution in [1.82, 2.24) is 4.90 Å². The van der Waals surface area contributed by atoms with Gasteiger partial charge in [-0.15, -0.1) is 0 Å². The van der Waals surface area contributed by atoms with Crippen LogP contribution in [0.1, 0.15) is 36.0 Å². The fourth-order valence-corrected chi connectivity index (χ4v) is 2.66. The zero-order valence-electron chi connectivity index (χ0n) is 10.7. The summed E-state index contributed by atoms with van der Waals surface area (Å²) < 4.78 is 0. The van der Waals surface area contributed by atoms with Gasteiger partial charge in [-0.1, -0.05) is 23.2 Å². The molecular formula is C15H17Cl2NO. The molecule has 2 nitrogen and oxygen atoms in total. The normalized spacial score (nSPS) is 18.9. The maximum absolute atomic E-state index is 12.3. The molecule has 0 saturated heterocycles. The number of benzene rings is 1. The van der Waals surface area contributed by atoms with E-state index in [9.17, 15) is 4.79 Å². The number of hydrogen-bond donors (Lipinski definition) is 0. The molecule has 2 saturated carbocycles. The summed E-state index contributed by atoms with van der Waals surface area (Å²) in [7, 11) is 0. The Balaban J connectivity index is 1.66. The second kappa shape index (κ2) is 5.43. The van der Waals surface area contributed by atoms with Crippen molar-refractivity contribution in [3.8, 4) is 0 Å². The third-order valence-corrected chi connectivity index (χ3v) is 4.58. The van der Waals surface area contributed by atoms with E-state index in [-0.39, 0.29) is 5.78 Å². The van der Waals surface area contributed by atoms with Crippen LogP contribution < -0.4 is 0 Å². The second-order valence-electron chi connectivity index (χ2n) is 5.66. The number of Topliss-reactive ketones (excluding diaryl/α,β-unsaturated/α-hetero) is 1. The molecule has 2 aliphatic rings. The summed E-state index contributed by atoms with van der Waals surface area (Å²) in [6, 6.07) is 5.76. The van der Waals surface area contributed by atoms with Crippen LogP contribution in [0.4, 0.5) is 0 Å². The average Bonchev–Trinajstić information content (AvgIpc) is 3.25. The van der Waals surface area contributed by atoms with Gasteiger partial charge in [0.05, 0.1) is 16.6 Å². The van der Waals surface area contributed by atoms with Gasteiger partial charge in [-0.3, -0.25) is 9.69 Å². The number of rotatable bonds is 6. The third kappa shape index (κ3) is 3.50. The molecular weight excluding hydrogens is 281 g/mol. The van der Waals surface area contributed by atoms with Crippen molar-refractivity contribution >= 4 is 29.0 Å². The number of carbonyl (C=O) groups excluding carboxylic acids is 1. The van der Waals surface area contributed by atoms with Crippen LogP contribution in [-0.2, 0) is 0 Å². The first kappa shape index (κ1) is 13.4. The summed E-state index contributed by atoms with van der Waals surface area (Å²) >= 11 is 11.8. The van der Waals surface area contributed by atoms with Crippen LogP contribution in [0.25, 0.3) is 0 Å². The molecule has 3 rings (SSSR count). The summed E-state index contributed by atoms with van der Waals surface area (Å²) in [5, 5.41) is 0.947. The highest BCUT2D eigenvalue weighted by molar-refractivity contribution is 6.42. The minimum absolute atomic E-state index is 0.145. The van der Waals surface area contributed by atoms with Crippen LogP contribution in [0, 0.1) is 5.92 Å². The minimum atomic E-state index is 0.145. The summed E-state index contributed by atoms with van der Waals surface area (Å²) in [5.74, 6) is 0.966. The first-order valence-corrected chi connectivity index (χ1v) is 7.61. The van der Waals surface area contributed by atoms with Gasteiger partial charge in [0.1, 0.15) is 0 Å². The third-order valence-electron chi connectivity index (χ3n) is 3.84. The summed E-state index contributed by atoms with van der Waals surface area (Å²) in [5.41, 5.74) is 0.663. The lowest BCUT2D eigenvalue weighted by Gasteiger charge is -2.20. The van der Waals surface area contributed by atoms with E-state index >= 15 is 0 Å². The predicted octanol–water partition coefficient (Wildman–Crippen LogP) is 4.05. The highest BCUT2D eigenvalue weighted by atomic mass is 35.5. The zero-order valence-corrected chi connectivity index (χ0v) is 12.3. The van der Waals surface area contributed by atoms with Crippen molar-refractivity contribution in [3.05, 3.63) is 33.8 Å². The largest absolute Gasteiger partial charge is 0.293 e. The van der Waals surface area contributed by atoms with Gasteiger partial charge in [-0.05, 0) is 49.8 Å². The van der Waals surface area contributed by atoms with Gasteiger partial charge < -0.3 is 0 Å². The van der Waals surface area contributed by atoms with Gasteiger partial charge >= 0.3 is 0 Å². The summed E-state index contributed by atoms with van der Waals surface area (Å²) in [6.45, 7) is 1.59. The molecule has 4 heteroatoms. The van der Waals surface area contributed by atoms with Crippen molar-refractivity contribution in [2.75, 3.05) is 13.1 Å². The Bertz CT molecular complexity index is 495. The number of carbonyl (C=O) groups is 1. The molecule has 0 amide bonds. The molecule has 0 unspecified atom stereocenters. The highest BCUT2D eigenvalue weighted by Crippen LogP contribution is 2.35. The predicted molar refractivity (Wildman–Crippen MR) is 78.1 cm³/mol. The molecule has 0 heterocycles. The molecule has 0 radical (unpaired) electrons. The monoisotopic (exact) mass is 297 g/mol. The average molecular weight is 298 g/mol. The first-order chi connectivity index (χ1) is 9.13. The van der Waals surface area contributed by atoms with Gasteiger partial charge in [0.15, 0.2) is 5.78 Å². The molecule has 0 aromatic heterocycles. The first-order valence-electron chi connectivity index (χ1n) is 6.86. The quantitative estimate of drug-likeness (QED) is 0.738. The molecule has 2 aliphatic carbocycles. The molecule has 0 spiro atoms. The van der Waals surface area contributed by atoms with E-state index in [2.05, 4.69) is 4.90 Å². The van der Waals surface area contributed by atoms with Gasteiger partial charge in [0.25, 0.3) is 0 Å². The van der Waals surface area contributed by atoms with Gasteiger partial charge in [0.2, 0.25) is 0 Å². The molecule has 0 aliphatic heterocycles. The number of halogens is 2. The maximum Gasteiger partial charge on any atom is 0.176 e. The lowest BCUT2D eigenvalue weighted by molar-refractivity contribution is 0.0921. The van der Waals surface area contributed by atoms with E-state index in [0.717, 1.165) is 12.5 Å². The van der Waals surface area contributed by atoms with Crippen LogP contribution in [0.3, 0.4) is 0 Å². The van der Waals surface area contributed by atoms with Crippen LogP contribution in [-0.4, -0.2) is 29.8 Å². The molecule has 2 fully saturated rings. The Hall–Kier alpha value is -0.570. The number of ketones is 1. The van der Waals surface area contributed by atoms with Crippen LogP contribution >= 0.6 is 23.2 Å². The minimum Gasteiger partial charge on any atom is -0.293 e. The van der Waals surface area contributed by atoms with E-state index < -0.39 is 0 Å². The Morgan fingerprint density at radius 1 is 1.16 bits per heavy atom. The fraction of sp³-hybridized carbons (Fsp3) is 0.533. The topological polar surface area (TPSA) is 20.3 Å². The van der Waals surface area contributed by atoms with Crippen molar-refractivity contribution in [2.24, 2.45) is 5.92 Å². The molecule has 0 atom stereocenters. The molecule has 1 aromatic carbocycles. The van der Waals surface area contributed by atoms with Gasteiger partial charge in [0, 0.05) is 18.2 Å². The second-order valence-corrected chi connectivity index (χ2v) is 6.47. The molecule has 19 heavy (non-hydrogen) atoms. The lowest BCUT2D eigenvalue weighted by atomic mass is 10.1. The van der Waals surface area contributed by atoms with Crippen LogP contribution in [0.5, 0.6) is 0 Å². The molecule has 0 N–H and O–H groups in total. The number of hydrogen-bond acceptors (Lipinski definition) is 2. The van der Waals surface area contributed by atoms with E-state index in [1.807, 2.05) is 0 Å². The SMILES string of the molecule is O=C(CN(CC1CC1)C1CC1)c1ccc(Cl)c(Cl)c1. The van der Waals surface area contributed by atoms with E-state index in [0.29, 0.717) is 28.2 Å². The Morgan fingerprint density at radius 2 is 1.89 bits per heavy atom. The molecule has 1 aromatic rings. The van der Waals surface area contributed by atoms with Crippen molar-refractivity contribution < 1.29 is 4.79 Å². The Kier molecular flexibility index (Phi) is 3.84.